The summed E-state index contributed by atoms with van der Waals surface area (Å²) in [4.78, 5) is 23.2. The minimum atomic E-state index is -0.541. The van der Waals surface area contributed by atoms with Crippen molar-refractivity contribution in [2.75, 3.05) is 0 Å². The van der Waals surface area contributed by atoms with E-state index < -0.39 is 5.60 Å². The van der Waals surface area contributed by atoms with Crippen LogP contribution in [0.2, 0.25) is 0 Å². The fraction of sp³-hybridized carbons (Fsp3) is 0.500. The summed E-state index contributed by atoms with van der Waals surface area (Å²) < 4.78 is 18.5. The Bertz CT molecular complexity index is 501. The lowest BCUT2D eigenvalue weighted by Crippen LogP contribution is -2.24. The number of ketones is 1. The first kappa shape index (κ1) is 16.3. The molecule has 3 nitrogen and oxygen atoms in total. The molecule has 0 aromatic heterocycles. The molecular formula is C16H21FO3. The smallest absolute Gasteiger partial charge is 0.306 e. The zero-order valence-electron chi connectivity index (χ0n) is 12.5. The van der Waals surface area contributed by atoms with Crippen molar-refractivity contribution in [3.63, 3.8) is 0 Å². The Morgan fingerprint density at radius 3 is 2.40 bits per heavy atom. The van der Waals surface area contributed by atoms with Crippen LogP contribution in [0, 0.1) is 12.7 Å². The quantitative estimate of drug-likeness (QED) is 0.777. The molecule has 0 aliphatic heterocycles. The number of ether oxygens (including phenoxy) is 1. The summed E-state index contributed by atoms with van der Waals surface area (Å²) in [5, 5.41) is 0. The largest absolute Gasteiger partial charge is 0.460 e. The highest BCUT2D eigenvalue weighted by Gasteiger charge is 2.17. The topological polar surface area (TPSA) is 43.4 Å². The summed E-state index contributed by atoms with van der Waals surface area (Å²) in [6.07, 6.45) is 0.314. The first-order chi connectivity index (χ1) is 9.17. The van der Waals surface area contributed by atoms with Crippen LogP contribution >= 0.6 is 0 Å². The number of carbonyl (C=O) groups excluding carboxylic acids is 2. The molecule has 1 aromatic carbocycles. The van der Waals surface area contributed by atoms with E-state index in [2.05, 4.69) is 0 Å². The third kappa shape index (κ3) is 5.95. The second kappa shape index (κ2) is 6.64. The lowest BCUT2D eigenvalue weighted by molar-refractivity contribution is -0.155. The molecule has 0 aliphatic carbocycles. The predicted molar refractivity (Wildman–Crippen MR) is 74.9 cm³/mol. The first-order valence-electron chi connectivity index (χ1n) is 6.66. The molecule has 110 valence electrons. The normalized spacial score (nSPS) is 11.2. The van der Waals surface area contributed by atoms with Gasteiger partial charge in [0, 0.05) is 12.8 Å². The summed E-state index contributed by atoms with van der Waals surface area (Å²) in [7, 11) is 0. The van der Waals surface area contributed by atoms with Gasteiger partial charge in [-0.3, -0.25) is 9.59 Å². The van der Waals surface area contributed by atoms with E-state index in [0.717, 1.165) is 0 Å². The van der Waals surface area contributed by atoms with E-state index in [1.165, 1.54) is 6.07 Å². The molecule has 20 heavy (non-hydrogen) atoms. The molecule has 0 spiro atoms. The SMILES string of the molecule is Cc1ccc(CC(=O)CCC(=O)OC(C)(C)C)cc1F. The minimum Gasteiger partial charge on any atom is -0.460 e. The molecule has 0 unspecified atom stereocenters. The zero-order chi connectivity index (χ0) is 15.3. The van der Waals surface area contributed by atoms with Crippen molar-refractivity contribution in [2.45, 2.75) is 52.6 Å². The monoisotopic (exact) mass is 280 g/mol. The highest BCUT2D eigenvalue weighted by Crippen LogP contribution is 2.12. The Kier molecular flexibility index (Phi) is 5.43. The van der Waals surface area contributed by atoms with Gasteiger partial charge in [0.25, 0.3) is 0 Å². The van der Waals surface area contributed by atoms with Crippen molar-refractivity contribution in [3.05, 3.63) is 35.1 Å². The molecule has 1 aromatic rings. The van der Waals surface area contributed by atoms with Gasteiger partial charge in [-0.2, -0.15) is 0 Å². The van der Waals surface area contributed by atoms with Crippen molar-refractivity contribution < 1.29 is 18.7 Å². The van der Waals surface area contributed by atoms with Gasteiger partial charge in [-0.25, -0.2) is 4.39 Å². The van der Waals surface area contributed by atoms with Crippen LogP contribution in [0.1, 0.15) is 44.7 Å². The van der Waals surface area contributed by atoms with Gasteiger partial charge in [0.15, 0.2) is 0 Å². The van der Waals surface area contributed by atoms with Crippen LogP contribution in [0.3, 0.4) is 0 Å². The van der Waals surface area contributed by atoms with Crippen LogP contribution in [-0.4, -0.2) is 17.4 Å². The Hall–Kier alpha value is -1.71. The van der Waals surface area contributed by atoms with Crippen LogP contribution in [0.5, 0.6) is 0 Å². The lowest BCUT2D eigenvalue weighted by atomic mass is 10.0. The molecule has 0 amide bonds. The Labute approximate surface area is 119 Å². The Morgan fingerprint density at radius 1 is 1.20 bits per heavy atom. The van der Waals surface area contributed by atoms with E-state index in [9.17, 15) is 14.0 Å². The van der Waals surface area contributed by atoms with Crippen molar-refractivity contribution in [3.8, 4) is 0 Å². The Morgan fingerprint density at radius 2 is 1.85 bits per heavy atom. The van der Waals surface area contributed by atoms with Crippen LogP contribution in [-0.2, 0) is 20.7 Å². The molecule has 0 atom stereocenters. The number of halogens is 1. The van der Waals surface area contributed by atoms with Gasteiger partial charge < -0.3 is 4.74 Å². The fourth-order valence-corrected chi connectivity index (χ4v) is 1.70. The van der Waals surface area contributed by atoms with Gasteiger partial charge in [-0.1, -0.05) is 12.1 Å². The molecule has 0 saturated carbocycles. The van der Waals surface area contributed by atoms with Crippen molar-refractivity contribution in [2.24, 2.45) is 0 Å². The molecule has 0 bridgehead atoms. The van der Waals surface area contributed by atoms with Crippen molar-refractivity contribution >= 4 is 11.8 Å². The number of hydrogen-bond acceptors (Lipinski definition) is 3. The maximum atomic E-state index is 13.3. The number of rotatable bonds is 5. The standard InChI is InChI=1S/C16H21FO3/c1-11-5-6-12(10-14(11)17)9-13(18)7-8-15(19)20-16(2,3)4/h5-6,10H,7-9H2,1-4H3. The van der Waals surface area contributed by atoms with Gasteiger partial charge in [0.05, 0.1) is 6.42 Å². The number of hydrogen-bond donors (Lipinski definition) is 0. The number of aryl methyl sites for hydroxylation is 1. The molecule has 0 radical (unpaired) electrons. The van der Waals surface area contributed by atoms with Crippen LogP contribution in [0.25, 0.3) is 0 Å². The highest BCUT2D eigenvalue weighted by atomic mass is 19.1. The molecule has 0 heterocycles. The summed E-state index contributed by atoms with van der Waals surface area (Å²) in [5.41, 5.74) is 0.637. The van der Waals surface area contributed by atoms with Gasteiger partial charge in [-0.15, -0.1) is 0 Å². The summed E-state index contributed by atoms with van der Waals surface area (Å²) in [6, 6.07) is 4.73. The molecule has 4 heteroatoms. The summed E-state index contributed by atoms with van der Waals surface area (Å²) in [6.45, 7) is 7.01. The second-order valence-electron chi connectivity index (χ2n) is 5.89. The van der Waals surface area contributed by atoms with Gasteiger partial charge in [0.1, 0.15) is 17.2 Å². The van der Waals surface area contributed by atoms with E-state index in [0.29, 0.717) is 11.1 Å². The predicted octanol–water partition coefficient (Wildman–Crippen LogP) is 3.37. The number of Topliss-reactive ketones (excluding diaryl/α,β-unsaturated/α-hetero) is 1. The average molecular weight is 280 g/mol. The average Bonchev–Trinajstić information content (AvgIpc) is 2.29. The third-order valence-electron chi connectivity index (χ3n) is 2.67. The number of benzene rings is 1. The lowest BCUT2D eigenvalue weighted by Gasteiger charge is -2.19. The maximum Gasteiger partial charge on any atom is 0.306 e. The van der Waals surface area contributed by atoms with Crippen LogP contribution in [0.4, 0.5) is 4.39 Å². The molecular weight excluding hydrogens is 259 g/mol. The van der Waals surface area contributed by atoms with E-state index >= 15 is 0 Å². The molecule has 1 rings (SSSR count). The number of carbonyl (C=O) groups is 2. The summed E-state index contributed by atoms with van der Waals surface area (Å²) in [5.74, 6) is -0.803. The molecule has 0 aliphatic rings. The van der Waals surface area contributed by atoms with E-state index in [4.69, 9.17) is 4.74 Å². The maximum absolute atomic E-state index is 13.3. The van der Waals surface area contributed by atoms with Gasteiger partial charge in [-0.05, 0) is 44.9 Å². The van der Waals surface area contributed by atoms with Crippen LogP contribution < -0.4 is 0 Å². The van der Waals surface area contributed by atoms with Crippen molar-refractivity contribution in [1.82, 2.24) is 0 Å². The molecule has 0 fully saturated rings. The van der Waals surface area contributed by atoms with E-state index in [1.807, 2.05) is 0 Å². The van der Waals surface area contributed by atoms with Gasteiger partial charge in [0.2, 0.25) is 0 Å². The highest BCUT2D eigenvalue weighted by molar-refractivity contribution is 5.84. The summed E-state index contributed by atoms with van der Waals surface area (Å²) >= 11 is 0. The zero-order valence-corrected chi connectivity index (χ0v) is 12.5. The van der Waals surface area contributed by atoms with Crippen LogP contribution in [0.15, 0.2) is 18.2 Å². The fourth-order valence-electron chi connectivity index (χ4n) is 1.70. The minimum absolute atomic E-state index is 0.0600. The van der Waals surface area contributed by atoms with E-state index in [1.54, 1.807) is 39.8 Å². The van der Waals surface area contributed by atoms with Gasteiger partial charge >= 0.3 is 5.97 Å². The van der Waals surface area contributed by atoms with Crippen molar-refractivity contribution in [1.29, 1.82) is 0 Å². The first-order valence-corrected chi connectivity index (χ1v) is 6.66. The molecule has 0 N–H and O–H groups in total. The second-order valence-corrected chi connectivity index (χ2v) is 5.89. The molecule has 0 saturated heterocycles. The third-order valence-corrected chi connectivity index (χ3v) is 2.67. The van der Waals surface area contributed by atoms with E-state index in [-0.39, 0.29) is 36.8 Å². The number of esters is 1. The Balaban J connectivity index is 2.44.